The number of anilines is 1. The molecule has 0 aromatic heterocycles. The van der Waals surface area contributed by atoms with Gasteiger partial charge in [-0.25, -0.2) is 0 Å². The van der Waals surface area contributed by atoms with Gasteiger partial charge in [0, 0.05) is 24.2 Å². The summed E-state index contributed by atoms with van der Waals surface area (Å²) >= 11 is 0. The maximum atomic E-state index is 5.22. The van der Waals surface area contributed by atoms with Gasteiger partial charge >= 0.3 is 0 Å². The van der Waals surface area contributed by atoms with Crippen LogP contribution >= 0.6 is 0 Å². The first-order chi connectivity index (χ1) is 9.71. The minimum atomic E-state index is 0.251. The second-order valence-electron chi connectivity index (χ2n) is 5.80. The molecule has 2 aromatic carbocycles. The van der Waals surface area contributed by atoms with E-state index in [4.69, 9.17) is 4.74 Å². The zero-order chi connectivity index (χ0) is 14.0. The van der Waals surface area contributed by atoms with Crippen molar-refractivity contribution >= 4 is 5.69 Å². The average Bonchev–Trinajstić information content (AvgIpc) is 2.92. The molecular formula is C18H21NO. The predicted octanol–water partition coefficient (Wildman–Crippen LogP) is 3.86. The normalized spacial score (nSPS) is 22.0. The van der Waals surface area contributed by atoms with Gasteiger partial charge < -0.3 is 9.64 Å². The Balaban J connectivity index is 1.79. The van der Waals surface area contributed by atoms with Crippen molar-refractivity contribution < 1.29 is 4.74 Å². The van der Waals surface area contributed by atoms with Crippen LogP contribution in [0, 0.1) is 0 Å². The van der Waals surface area contributed by atoms with E-state index in [9.17, 15) is 0 Å². The van der Waals surface area contributed by atoms with Crippen molar-refractivity contribution in [1.29, 1.82) is 0 Å². The Bertz CT molecular complexity index is 564. The number of hydrogen-bond donors (Lipinski definition) is 0. The van der Waals surface area contributed by atoms with E-state index in [1.54, 1.807) is 7.11 Å². The van der Waals surface area contributed by atoms with E-state index >= 15 is 0 Å². The first-order valence-electron chi connectivity index (χ1n) is 7.16. The van der Waals surface area contributed by atoms with E-state index in [1.807, 2.05) is 12.1 Å². The molecule has 2 aromatic rings. The third kappa shape index (κ3) is 2.38. The van der Waals surface area contributed by atoms with E-state index in [0.29, 0.717) is 0 Å². The van der Waals surface area contributed by atoms with Crippen LogP contribution in [0.5, 0.6) is 5.75 Å². The van der Waals surface area contributed by atoms with Crippen molar-refractivity contribution in [3.8, 4) is 5.75 Å². The van der Waals surface area contributed by atoms with Gasteiger partial charge in [0.25, 0.3) is 0 Å². The fourth-order valence-corrected chi connectivity index (χ4v) is 3.05. The highest BCUT2D eigenvalue weighted by Gasteiger charge is 2.35. The predicted molar refractivity (Wildman–Crippen MR) is 83.6 cm³/mol. The Morgan fingerprint density at radius 1 is 1.00 bits per heavy atom. The Morgan fingerprint density at radius 3 is 2.35 bits per heavy atom. The molecule has 0 radical (unpaired) electrons. The fraction of sp³-hybridized carbons (Fsp3) is 0.333. The van der Waals surface area contributed by atoms with Gasteiger partial charge in [0.15, 0.2) is 0 Å². The molecule has 3 rings (SSSR count). The highest BCUT2D eigenvalue weighted by molar-refractivity contribution is 5.51. The second kappa shape index (κ2) is 5.20. The lowest BCUT2D eigenvalue weighted by molar-refractivity contribution is 0.415. The van der Waals surface area contributed by atoms with E-state index < -0.39 is 0 Å². The minimum absolute atomic E-state index is 0.251. The van der Waals surface area contributed by atoms with Gasteiger partial charge in [-0.15, -0.1) is 0 Å². The van der Waals surface area contributed by atoms with Crippen LogP contribution in [0.15, 0.2) is 54.6 Å². The largest absolute Gasteiger partial charge is 0.497 e. The van der Waals surface area contributed by atoms with E-state index in [1.165, 1.54) is 17.7 Å². The number of methoxy groups -OCH3 is 1. The van der Waals surface area contributed by atoms with Gasteiger partial charge in [0.05, 0.1) is 7.11 Å². The van der Waals surface area contributed by atoms with Crippen molar-refractivity contribution in [3.05, 3.63) is 60.2 Å². The summed E-state index contributed by atoms with van der Waals surface area (Å²) in [6, 6.07) is 19.2. The first-order valence-corrected chi connectivity index (χ1v) is 7.16. The summed E-state index contributed by atoms with van der Waals surface area (Å²) in [5.74, 6) is 0.916. The van der Waals surface area contributed by atoms with Crippen molar-refractivity contribution in [3.63, 3.8) is 0 Å². The summed E-state index contributed by atoms with van der Waals surface area (Å²) in [5, 5.41) is 0. The number of ether oxygens (including phenoxy) is 1. The number of rotatable bonds is 3. The molecule has 2 nitrogen and oxygen atoms in total. The molecule has 0 aliphatic carbocycles. The summed E-state index contributed by atoms with van der Waals surface area (Å²) in [5.41, 5.74) is 2.97. The maximum Gasteiger partial charge on any atom is 0.119 e. The molecule has 0 saturated carbocycles. The zero-order valence-electron chi connectivity index (χ0n) is 12.2. The lowest BCUT2D eigenvalue weighted by Gasteiger charge is -2.26. The summed E-state index contributed by atoms with van der Waals surface area (Å²) in [4.78, 5) is 2.46. The topological polar surface area (TPSA) is 12.5 Å². The van der Waals surface area contributed by atoms with Crippen LogP contribution in [0.25, 0.3) is 0 Å². The quantitative estimate of drug-likeness (QED) is 0.837. The maximum absolute atomic E-state index is 5.22. The Kier molecular flexibility index (Phi) is 3.39. The van der Waals surface area contributed by atoms with E-state index in [0.717, 1.165) is 18.8 Å². The van der Waals surface area contributed by atoms with Gasteiger partial charge in [-0.2, -0.15) is 0 Å². The SMILES string of the molecule is COc1ccc(N2CC[C@@](C)(c3ccccc3)C2)cc1. The molecule has 20 heavy (non-hydrogen) atoms. The Morgan fingerprint density at radius 2 is 1.70 bits per heavy atom. The van der Waals surface area contributed by atoms with Crippen LogP contribution in [-0.2, 0) is 5.41 Å². The molecular weight excluding hydrogens is 246 g/mol. The van der Waals surface area contributed by atoms with Crippen LogP contribution in [-0.4, -0.2) is 20.2 Å². The van der Waals surface area contributed by atoms with Crippen molar-refractivity contribution in [2.24, 2.45) is 0 Å². The standard InChI is InChI=1S/C18H21NO/c1-18(15-6-4-3-5-7-15)12-13-19(14-18)16-8-10-17(20-2)11-9-16/h3-11H,12-14H2,1-2H3/t18-/m1/s1. The zero-order valence-corrected chi connectivity index (χ0v) is 12.2. The molecule has 1 saturated heterocycles. The lowest BCUT2D eigenvalue weighted by Crippen LogP contribution is -2.28. The van der Waals surface area contributed by atoms with Crippen molar-refractivity contribution in [2.75, 3.05) is 25.1 Å². The third-order valence-electron chi connectivity index (χ3n) is 4.38. The summed E-state index contributed by atoms with van der Waals surface area (Å²) in [7, 11) is 1.71. The highest BCUT2D eigenvalue weighted by Crippen LogP contribution is 2.36. The molecule has 2 heteroatoms. The van der Waals surface area contributed by atoms with Crippen LogP contribution in [0.1, 0.15) is 18.9 Å². The first kappa shape index (κ1) is 13.0. The monoisotopic (exact) mass is 267 g/mol. The molecule has 0 amide bonds. The second-order valence-corrected chi connectivity index (χ2v) is 5.80. The molecule has 1 fully saturated rings. The van der Waals surface area contributed by atoms with Crippen molar-refractivity contribution in [2.45, 2.75) is 18.8 Å². The molecule has 0 N–H and O–H groups in total. The summed E-state index contributed by atoms with van der Waals surface area (Å²) < 4.78 is 5.22. The van der Waals surface area contributed by atoms with E-state index in [2.05, 4.69) is 54.3 Å². The van der Waals surface area contributed by atoms with Gasteiger partial charge in [-0.1, -0.05) is 37.3 Å². The summed E-state index contributed by atoms with van der Waals surface area (Å²) in [6.07, 6.45) is 1.20. The fourth-order valence-electron chi connectivity index (χ4n) is 3.05. The molecule has 104 valence electrons. The molecule has 0 spiro atoms. The smallest absolute Gasteiger partial charge is 0.119 e. The molecule has 0 unspecified atom stereocenters. The Hall–Kier alpha value is -1.96. The van der Waals surface area contributed by atoms with Crippen LogP contribution < -0.4 is 9.64 Å². The Labute approximate surface area is 121 Å². The highest BCUT2D eigenvalue weighted by atomic mass is 16.5. The molecule has 1 aliphatic heterocycles. The van der Waals surface area contributed by atoms with Crippen molar-refractivity contribution in [1.82, 2.24) is 0 Å². The minimum Gasteiger partial charge on any atom is -0.497 e. The molecule has 0 bridgehead atoms. The van der Waals surface area contributed by atoms with Crippen LogP contribution in [0.3, 0.4) is 0 Å². The number of hydrogen-bond acceptors (Lipinski definition) is 2. The molecule has 1 atom stereocenters. The van der Waals surface area contributed by atoms with Crippen LogP contribution in [0.2, 0.25) is 0 Å². The average molecular weight is 267 g/mol. The number of nitrogens with zero attached hydrogens (tertiary/aromatic N) is 1. The van der Waals surface area contributed by atoms with Gasteiger partial charge in [0.1, 0.15) is 5.75 Å². The lowest BCUT2D eigenvalue weighted by atomic mass is 9.82. The van der Waals surface area contributed by atoms with Crippen LogP contribution in [0.4, 0.5) is 5.69 Å². The molecule has 1 heterocycles. The summed E-state index contributed by atoms with van der Waals surface area (Å²) in [6.45, 7) is 4.55. The van der Waals surface area contributed by atoms with E-state index in [-0.39, 0.29) is 5.41 Å². The number of benzene rings is 2. The third-order valence-corrected chi connectivity index (χ3v) is 4.38. The van der Waals surface area contributed by atoms with Gasteiger partial charge in [0.2, 0.25) is 0 Å². The molecule has 1 aliphatic rings. The van der Waals surface area contributed by atoms with Gasteiger partial charge in [-0.3, -0.25) is 0 Å². The van der Waals surface area contributed by atoms with Gasteiger partial charge in [-0.05, 0) is 36.2 Å².